The minimum atomic E-state index is 0.0684. The lowest BCUT2D eigenvalue weighted by molar-refractivity contribution is -0.0839. The lowest BCUT2D eigenvalue weighted by atomic mass is 9.78. The van der Waals surface area contributed by atoms with Crippen LogP contribution in [0.1, 0.15) is 44.7 Å². The lowest BCUT2D eigenvalue weighted by Crippen LogP contribution is -2.53. The Morgan fingerprint density at radius 2 is 1.89 bits per heavy atom. The fourth-order valence-corrected chi connectivity index (χ4v) is 4.57. The van der Waals surface area contributed by atoms with Gasteiger partial charge in [0, 0.05) is 50.9 Å². The van der Waals surface area contributed by atoms with Crippen LogP contribution in [0.3, 0.4) is 0 Å². The van der Waals surface area contributed by atoms with E-state index in [-0.39, 0.29) is 17.6 Å². The van der Waals surface area contributed by atoms with Crippen LogP contribution in [0.2, 0.25) is 0 Å². The molecule has 2 aliphatic rings. The summed E-state index contributed by atoms with van der Waals surface area (Å²) < 4.78 is 6.05. The molecule has 2 atom stereocenters. The van der Waals surface area contributed by atoms with Crippen molar-refractivity contribution in [3.63, 3.8) is 0 Å². The first-order chi connectivity index (χ1) is 13.3. The van der Waals surface area contributed by atoms with Crippen molar-refractivity contribution >= 4 is 11.7 Å². The third kappa shape index (κ3) is 4.80. The maximum atomic E-state index is 12.7. The zero-order valence-corrected chi connectivity index (χ0v) is 18.3. The number of aryl methyl sites for hydroxylation is 1. The van der Waals surface area contributed by atoms with Gasteiger partial charge in [-0.3, -0.25) is 0 Å². The summed E-state index contributed by atoms with van der Waals surface area (Å²) in [7, 11) is 0. The van der Waals surface area contributed by atoms with E-state index in [9.17, 15) is 4.79 Å². The van der Waals surface area contributed by atoms with E-state index in [1.54, 1.807) is 0 Å². The number of hydrogen-bond acceptors (Lipinski definition) is 3. The van der Waals surface area contributed by atoms with Gasteiger partial charge in [0.1, 0.15) is 0 Å². The van der Waals surface area contributed by atoms with E-state index < -0.39 is 0 Å². The van der Waals surface area contributed by atoms with Gasteiger partial charge in [-0.05, 0) is 49.3 Å². The number of piperazine rings is 1. The van der Waals surface area contributed by atoms with Crippen molar-refractivity contribution in [3.8, 4) is 0 Å². The van der Waals surface area contributed by atoms with E-state index >= 15 is 0 Å². The molecule has 2 aliphatic heterocycles. The van der Waals surface area contributed by atoms with Crippen molar-refractivity contribution in [1.82, 2.24) is 10.2 Å². The smallest absolute Gasteiger partial charge is 0.317 e. The summed E-state index contributed by atoms with van der Waals surface area (Å²) in [6.45, 7) is 15.9. The highest BCUT2D eigenvalue weighted by atomic mass is 16.5. The minimum absolute atomic E-state index is 0.0684. The molecule has 3 rings (SSSR count). The van der Waals surface area contributed by atoms with Crippen LogP contribution in [-0.2, 0) is 4.74 Å². The predicted molar refractivity (Wildman–Crippen MR) is 115 cm³/mol. The summed E-state index contributed by atoms with van der Waals surface area (Å²) >= 11 is 0. The number of amides is 2. The molecular formula is C23H37N3O2. The maximum absolute atomic E-state index is 12.7. The summed E-state index contributed by atoms with van der Waals surface area (Å²) in [5.74, 6) is 0.397. The lowest BCUT2D eigenvalue weighted by Gasteiger charge is -2.41. The van der Waals surface area contributed by atoms with Gasteiger partial charge >= 0.3 is 6.03 Å². The van der Waals surface area contributed by atoms with Crippen LogP contribution in [0, 0.1) is 25.2 Å². The summed E-state index contributed by atoms with van der Waals surface area (Å²) in [6.07, 6.45) is 2.42. The number of rotatable bonds is 3. The molecule has 1 N–H and O–H groups in total. The first kappa shape index (κ1) is 21.0. The highest BCUT2D eigenvalue weighted by molar-refractivity contribution is 5.74. The average molecular weight is 388 g/mol. The van der Waals surface area contributed by atoms with Gasteiger partial charge in [-0.1, -0.05) is 32.9 Å². The molecule has 0 aromatic heterocycles. The van der Waals surface area contributed by atoms with E-state index in [4.69, 9.17) is 4.74 Å². The molecular weight excluding hydrogens is 350 g/mol. The molecule has 5 heteroatoms. The van der Waals surface area contributed by atoms with Crippen molar-refractivity contribution < 1.29 is 9.53 Å². The Balaban J connectivity index is 1.51. The second-order valence-electron chi connectivity index (χ2n) is 9.44. The zero-order valence-electron chi connectivity index (χ0n) is 18.3. The number of anilines is 1. The summed E-state index contributed by atoms with van der Waals surface area (Å²) in [6, 6.07) is 6.53. The van der Waals surface area contributed by atoms with Gasteiger partial charge in [0.15, 0.2) is 0 Å². The SMILES string of the molecule is Cc1cccc(N2CCN(C(=O)NC[C@H]3CCCO[C@@H]3C(C)(C)C)CC2)c1C. The molecule has 2 fully saturated rings. The Bertz CT molecular complexity index is 675. The third-order valence-corrected chi connectivity index (χ3v) is 6.30. The normalized spacial score (nSPS) is 23.6. The van der Waals surface area contributed by atoms with Crippen LogP contribution in [0.5, 0.6) is 0 Å². The van der Waals surface area contributed by atoms with E-state index in [0.717, 1.165) is 45.6 Å². The Morgan fingerprint density at radius 3 is 2.57 bits per heavy atom. The van der Waals surface area contributed by atoms with Gasteiger partial charge in [0.2, 0.25) is 0 Å². The summed E-state index contributed by atoms with van der Waals surface area (Å²) in [4.78, 5) is 17.1. The Hall–Kier alpha value is -1.75. The van der Waals surface area contributed by atoms with E-state index in [1.165, 1.54) is 16.8 Å². The maximum Gasteiger partial charge on any atom is 0.317 e. The van der Waals surface area contributed by atoms with Crippen LogP contribution in [0.4, 0.5) is 10.5 Å². The summed E-state index contributed by atoms with van der Waals surface area (Å²) in [5, 5.41) is 3.19. The molecule has 1 aromatic rings. The molecule has 2 amide bonds. The van der Waals surface area contributed by atoms with Crippen LogP contribution >= 0.6 is 0 Å². The molecule has 0 radical (unpaired) electrons. The van der Waals surface area contributed by atoms with E-state index in [2.05, 4.69) is 63.0 Å². The van der Waals surface area contributed by atoms with Gasteiger partial charge in [-0.15, -0.1) is 0 Å². The quantitative estimate of drug-likeness (QED) is 0.853. The zero-order chi connectivity index (χ0) is 20.3. The van der Waals surface area contributed by atoms with Gasteiger partial charge in [-0.2, -0.15) is 0 Å². The molecule has 2 saturated heterocycles. The average Bonchev–Trinajstić information content (AvgIpc) is 2.68. The van der Waals surface area contributed by atoms with Crippen LogP contribution in [0.15, 0.2) is 18.2 Å². The van der Waals surface area contributed by atoms with Crippen molar-refractivity contribution in [3.05, 3.63) is 29.3 Å². The van der Waals surface area contributed by atoms with Crippen LogP contribution < -0.4 is 10.2 Å². The Morgan fingerprint density at radius 1 is 1.18 bits per heavy atom. The molecule has 0 aliphatic carbocycles. The van der Waals surface area contributed by atoms with Gasteiger partial charge in [0.25, 0.3) is 0 Å². The molecule has 2 heterocycles. The number of carbonyl (C=O) groups is 1. The van der Waals surface area contributed by atoms with Crippen molar-refractivity contribution in [2.45, 2.75) is 53.6 Å². The summed E-state index contributed by atoms with van der Waals surface area (Å²) in [5.41, 5.74) is 4.06. The molecule has 0 spiro atoms. The number of hydrogen-bond donors (Lipinski definition) is 1. The number of nitrogens with zero attached hydrogens (tertiary/aromatic N) is 2. The van der Waals surface area contributed by atoms with E-state index in [1.807, 2.05) is 4.90 Å². The molecule has 156 valence electrons. The highest BCUT2D eigenvalue weighted by Gasteiger charge is 2.35. The van der Waals surface area contributed by atoms with Crippen LogP contribution in [-0.4, -0.2) is 56.4 Å². The largest absolute Gasteiger partial charge is 0.377 e. The van der Waals surface area contributed by atoms with Crippen molar-refractivity contribution in [2.75, 3.05) is 44.2 Å². The molecule has 0 bridgehead atoms. The number of ether oxygens (including phenoxy) is 1. The number of carbonyl (C=O) groups excluding carboxylic acids is 1. The standard InChI is InChI=1S/C23H37N3O2/c1-17-8-6-10-20(18(17)2)25-11-13-26(14-12-25)22(27)24-16-19-9-7-15-28-21(19)23(3,4)5/h6,8,10,19,21H,7,9,11-16H2,1-5H3,(H,24,27)/t19-,21+/m1/s1. The predicted octanol–water partition coefficient (Wildman–Crippen LogP) is 3.98. The first-order valence-corrected chi connectivity index (χ1v) is 10.7. The third-order valence-electron chi connectivity index (χ3n) is 6.30. The van der Waals surface area contributed by atoms with Gasteiger partial charge in [0.05, 0.1) is 6.10 Å². The van der Waals surface area contributed by atoms with Crippen molar-refractivity contribution in [2.24, 2.45) is 11.3 Å². The fourth-order valence-electron chi connectivity index (χ4n) is 4.57. The minimum Gasteiger partial charge on any atom is -0.377 e. The Kier molecular flexibility index (Phi) is 6.54. The second-order valence-corrected chi connectivity index (χ2v) is 9.44. The second kappa shape index (κ2) is 8.73. The number of nitrogens with one attached hydrogen (secondary N) is 1. The highest BCUT2D eigenvalue weighted by Crippen LogP contribution is 2.33. The molecule has 5 nitrogen and oxygen atoms in total. The van der Waals surface area contributed by atoms with Crippen LogP contribution in [0.25, 0.3) is 0 Å². The number of benzene rings is 1. The Labute approximate surface area is 170 Å². The van der Waals surface area contributed by atoms with Crippen molar-refractivity contribution in [1.29, 1.82) is 0 Å². The van der Waals surface area contributed by atoms with E-state index in [0.29, 0.717) is 12.5 Å². The topological polar surface area (TPSA) is 44.8 Å². The molecule has 0 unspecified atom stereocenters. The molecule has 1 aromatic carbocycles. The fraction of sp³-hybridized carbons (Fsp3) is 0.696. The monoisotopic (exact) mass is 387 g/mol. The van der Waals surface area contributed by atoms with Gasteiger partial charge < -0.3 is 19.9 Å². The number of urea groups is 1. The first-order valence-electron chi connectivity index (χ1n) is 10.7. The molecule has 0 saturated carbocycles. The molecule has 28 heavy (non-hydrogen) atoms. The van der Waals surface area contributed by atoms with Gasteiger partial charge in [-0.25, -0.2) is 4.79 Å².